The average molecular weight is 380 g/mol. The van der Waals surface area contributed by atoms with Crippen molar-refractivity contribution in [1.29, 1.82) is 5.26 Å². The summed E-state index contributed by atoms with van der Waals surface area (Å²) < 4.78 is 7.39. The molecule has 0 spiro atoms. The molecule has 0 bridgehead atoms. The number of carbonyl (C=O) groups is 1. The zero-order chi connectivity index (χ0) is 19.3. The van der Waals surface area contributed by atoms with Gasteiger partial charge in [-0.3, -0.25) is 4.79 Å². The summed E-state index contributed by atoms with van der Waals surface area (Å²) in [4.78, 5) is 23.7. The van der Waals surface area contributed by atoms with Gasteiger partial charge in [0.1, 0.15) is 5.69 Å². The van der Waals surface area contributed by atoms with Crippen molar-refractivity contribution in [2.24, 2.45) is 5.92 Å². The Morgan fingerprint density at radius 3 is 2.68 bits per heavy atom. The Bertz CT molecular complexity index is 860. The van der Waals surface area contributed by atoms with Crippen LogP contribution in [0.25, 0.3) is 11.1 Å². The highest BCUT2D eigenvalue weighted by Crippen LogP contribution is 2.32. The fourth-order valence-electron chi connectivity index (χ4n) is 3.31. The summed E-state index contributed by atoms with van der Waals surface area (Å²) in [6, 6.07) is 3.93. The van der Waals surface area contributed by atoms with E-state index in [1.54, 1.807) is 0 Å². The molecule has 1 aliphatic heterocycles. The molecule has 0 atom stereocenters. The Labute approximate surface area is 164 Å². The molecule has 8 heteroatoms. The minimum atomic E-state index is -0.145. The van der Waals surface area contributed by atoms with Crippen LogP contribution < -0.4 is 10.2 Å². The molecule has 2 aliphatic rings. The standard InChI is InChI=1S/C20H24N6O2/c21-4-1-5-22-19(27)18-10-16(14-26(18)13-15-2-3-15)17-11-23-20(24-12-17)25-6-8-28-9-7-25/h10-12,14-15H,1-3,5-9,13H2,(H,22,27). The van der Waals surface area contributed by atoms with E-state index in [1.165, 1.54) is 12.8 Å². The van der Waals surface area contributed by atoms with Gasteiger partial charge in [-0.25, -0.2) is 9.97 Å². The lowest BCUT2D eigenvalue weighted by Gasteiger charge is -2.26. The lowest BCUT2D eigenvalue weighted by Crippen LogP contribution is -2.37. The Balaban J connectivity index is 1.53. The molecule has 8 nitrogen and oxygen atoms in total. The summed E-state index contributed by atoms with van der Waals surface area (Å²) >= 11 is 0. The van der Waals surface area contributed by atoms with Crippen LogP contribution in [0.1, 0.15) is 29.8 Å². The normalized spacial score (nSPS) is 16.6. The molecule has 2 fully saturated rings. The fourth-order valence-corrected chi connectivity index (χ4v) is 3.31. The van der Waals surface area contributed by atoms with Crippen LogP contribution in [0.3, 0.4) is 0 Å². The van der Waals surface area contributed by atoms with E-state index in [-0.39, 0.29) is 5.91 Å². The number of nitriles is 1. The molecule has 1 N–H and O–H groups in total. The first-order valence-corrected chi connectivity index (χ1v) is 9.75. The smallest absolute Gasteiger partial charge is 0.267 e. The molecular weight excluding hydrogens is 356 g/mol. The van der Waals surface area contributed by atoms with Gasteiger partial charge in [0.05, 0.1) is 25.7 Å². The first-order chi connectivity index (χ1) is 13.7. The number of nitrogens with one attached hydrogen (secondary N) is 1. The van der Waals surface area contributed by atoms with Crippen LogP contribution >= 0.6 is 0 Å². The van der Waals surface area contributed by atoms with Crippen molar-refractivity contribution in [3.8, 4) is 17.2 Å². The zero-order valence-electron chi connectivity index (χ0n) is 15.8. The van der Waals surface area contributed by atoms with Crippen molar-refractivity contribution in [3.05, 3.63) is 30.4 Å². The van der Waals surface area contributed by atoms with Crippen LogP contribution in [0, 0.1) is 17.2 Å². The van der Waals surface area contributed by atoms with Gasteiger partial charge in [0.15, 0.2) is 0 Å². The van der Waals surface area contributed by atoms with Crippen LogP contribution in [0.4, 0.5) is 5.95 Å². The summed E-state index contributed by atoms with van der Waals surface area (Å²) in [6.07, 6.45) is 8.35. The van der Waals surface area contributed by atoms with E-state index >= 15 is 0 Å². The molecule has 3 heterocycles. The van der Waals surface area contributed by atoms with Crippen LogP contribution in [0.5, 0.6) is 0 Å². The molecule has 0 radical (unpaired) electrons. The third-order valence-corrected chi connectivity index (χ3v) is 5.07. The molecule has 4 rings (SSSR count). The predicted octanol–water partition coefficient (Wildman–Crippen LogP) is 1.84. The summed E-state index contributed by atoms with van der Waals surface area (Å²) in [6.45, 7) is 4.18. The van der Waals surface area contributed by atoms with Gasteiger partial charge in [-0.1, -0.05) is 0 Å². The molecule has 2 aromatic rings. The first-order valence-electron chi connectivity index (χ1n) is 9.75. The zero-order valence-corrected chi connectivity index (χ0v) is 15.8. The van der Waals surface area contributed by atoms with Crippen molar-refractivity contribution < 1.29 is 9.53 Å². The summed E-state index contributed by atoms with van der Waals surface area (Å²) in [7, 11) is 0. The number of hydrogen-bond acceptors (Lipinski definition) is 6. The minimum Gasteiger partial charge on any atom is -0.378 e. The lowest BCUT2D eigenvalue weighted by atomic mass is 10.2. The Morgan fingerprint density at radius 2 is 2.00 bits per heavy atom. The highest BCUT2D eigenvalue weighted by atomic mass is 16.5. The van der Waals surface area contributed by atoms with E-state index in [9.17, 15) is 4.79 Å². The number of carbonyl (C=O) groups excluding carboxylic acids is 1. The molecule has 0 aromatic carbocycles. The Kier molecular flexibility index (Phi) is 5.53. The monoisotopic (exact) mass is 380 g/mol. The van der Waals surface area contributed by atoms with Crippen molar-refractivity contribution in [2.75, 3.05) is 37.7 Å². The number of morpholine rings is 1. The van der Waals surface area contributed by atoms with E-state index in [4.69, 9.17) is 10.00 Å². The fraction of sp³-hybridized carbons (Fsp3) is 0.500. The van der Waals surface area contributed by atoms with Gasteiger partial charge in [0, 0.05) is 55.9 Å². The second kappa shape index (κ2) is 8.40. The topological polar surface area (TPSA) is 96.1 Å². The molecule has 2 aromatic heterocycles. The van der Waals surface area contributed by atoms with E-state index in [0.717, 1.165) is 30.8 Å². The van der Waals surface area contributed by atoms with Gasteiger partial charge < -0.3 is 19.5 Å². The summed E-state index contributed by atoms with van der Waals surface area (Å²) in [5, 5.41) is 11.5. The van der Waals surface area contributed by atoms with Gasteiger partial charge in [-0.2, -0.15) is 5.26 Å². The molecule has 1 aliphatic carbocycles. The highest BCUT2D eigenvalue weighted by molar-refractivity contribution is 5.94. The third kappa shape index (κ3) is 4.31. The van der Waals surface area contributed by atoms with Gasteiger partial charge in [0.25, 0.3) is 5.91 Å². The van der Waals surface area contributed by atoms with Crippen LogP contribution in [-0.4, -0.2) is 53.3 Å². The summed E-state index contributed by atoms with van der Waals surface area (Å²) in [5.74, 6) is 1.21. The number of anilines is 1. The molecular formula is C20H24N6O2. The number of ether oxygens (including phenoxy) is 1. The van der Waals surface area contributed by atoms with Crippen LogP contribution in [-0.2, 0) is 11.3 Å². The second-order valence-electron chi connectivity index (χ2n) is 7.24. The van der Waals surface area contributed by atoms with Crippen molar-refractivity contribution in [3.63, 3.8) is 0 Å². The average Bonchev–Trinajstić information content (AvgIpc) is 3.45. The highest BCUT2D eigenvalue weighted by Gasteiger charge is 2.24. The van der Waals surface area contributed by atoms with Crippen molar-refractivity contribution in [2.45, 2.75) is 25.8 Å². The molecule has 1 saturated heterocycles. The molecule has 28 heavy (non-hydrogen) atoms. The predicted molar refractivity (Wildman–Crippen MR) is 104 cm³/mol. The number of amides is 1. The van der Waals surface area contributed by atoms with Gasteiger partial charge in [0.2, 0.25) is 5.95 Å². The molecule has 146 valence electrons. The van der Waals surface area contributed by atoms with E-state index < -0.39 is 0 Å². The first kappa shape index (κ1) is 18.4. The number of aromatic nitrogens is 3. The van der Waals surface area contributed by atoms with E-state index in [0.29, 0.717) is 43.7 Å². The Hall–Kier alpha value is -2.92. The Morgan fingerprint density at radius 1 is 1.25 bits per heavy atom. The maximum Gasteiger partial charge on any atom is 0.267 e. The van der Waals surface area contributed by atoms with Gasteiger partial charge >= 0.3 is 0 Å². The number of hydrogen-bond donors (Lipinski definition) is 1. The summed E-state index contributed by atoms with van der Waals surface area (Å²) in [5.41, 5.74) is 2.44. The largest absolute Gasteiger partial charge is 0.378 e. The lowest BCUT2D eigenvalue weighted by molar-refractivity contribution is 0.0945. The molecule has 1 saturated carbocycles. The van der Waals surface area contributed by atoms with Crippen LogP contribution in [0.15, 0.2) is 24.7 Å². The van der Waals surface area contributed by atoms with E-state index in [2.05, 4.69) is 20.2 Å². The van der Waals surface area contributed by atoms with Gasteiger partial charge in [-0.05, 0) is 24.8 Å². The van der Waals surface area contributed by atoms with Crippen molar-refractivity contribution >= 4 is 11.9 Å². The minimum absolute atomic E-state index is 0.145. The number of nitrogens with zero attached hydrogens (tertiary/aromatic N) is 5. The maximum atomic E-state index is 12.6. The maximum absolute atomic E-state index is 12.6. The quantitative estimate of drug-likeness (QED) is 0.736. The van der Waals surface area contributed by atoms with Gasteiger partial charge in [-0.15, -0.1) is 0 Å². The molecule has 1 amide bonds. The second-order valence-corrected chi connectivity index (χ2v) is 7.24. The van der Waals surface area contributed by atoms with E-state index in [1.807, 2.05) is 35.3 Å². The third-order valence-electron chi connectivity index (χ3n) is 5.07. The number of rotatable bonds is 7. The molecule has 0 unspecified atom stereocenters. The SMILES string of the molecule is N#CCCNC(=O)c1cc(-c2cnc(N3CCOCC3)nc2)cn1CC1CC1. The van der Waals surface area contributed by atoms with Crippen molar-refractivity contribution in [1.82, 2.24) is 19.9 Å². The van der Waals surface area contributed by atoms with Crippen LogP contribution in [0.2, 0.25) is 0 Å².